The molecule has 1 aromatic carbocycles. The zero-order valence-corrected chi connectivity index (χ0v) is 12.8. The summed E-state index contributed by atoms with van der Waals surface area (Å²) >= 11 is 1.38. The summed E-state index contributed by atoms with van der Waals surface area (Å²) in [5.74, 6) is -0.212. The van der Waals surface area contributed by atoms with E-state index < -0.39 is 0 Å². The number of carbonyl (C=O) groups excluding carboxylic acids is 1. The summed E-state index contributed by atoms with van der Waals surface area (Å²) in [4.78, 5) is 21.2. The van der Waals surface area contributed by atoms with Gasteiger partial charge in [-0.1, -0.05) is 30.3 Å². The Labute approximate surface area is 136 Å². The van der Waals surface area contributed by atoms with Crippen molar-refractivity contribution >= 4 is 28.0 Å². The summed E-state index contributed by atoms with van der Waals surface area (Å²) in [6.07, 6.45) is 5.46. The molecule has 0 atom stereocenters. The Morgan fingerprint density at radius 1 is 1.13 bits per heavy atom. The van der Waals surface area contributed by atoms with E-state index in [1.54, 1.807) is 12.3 Å². The average molecular weight is 320 g/mol. The van der Waals surface area contributed by atoms with Crippen LogP contribution in [0.4, 0.5) is 5.13 Å². The molecule has 0 unspecified atom stereocenters. The lowest BCUT2D eigenvalue weighted by atomic mass is 10.2. The van der Waals surface area contributed by atoms with Crippen molar-refractivity contribution in [2.45, 2.75) is 0 Å². The summed E-state index contributed by atoms with van der Waals surface area (Å²) in [6.45, 7) is 0. The first-order valence-electron chi connectivity index (χ1n) is 7.05. The van der Waals surface area contributed by atoms with Gasteiger partial charge < -0.3 is 4.40 Å². The first kappa shape index (κ1) is 13.7. The predicted octanol–water partition coefficient (Wildman–Crippen LogP) is 3.71. The molecule has 0 aliphatic carbocycles. The second-order valence-corrected chi connectivity index (χ2v) is 5.83. The van der Waals surface area contributed by atoms with Gasteiger partial charge in [0.25, 0.3) is 5.91 Å². The van der Waals surface area contributed by atoms with Crippen LogP contribution in [0.1, 0.15) is 10.4 Å². The third kappa shape index (κ3) is 2.60. The second-order valence-electron chi connectivity index (χ2n) is 4.94. The van der Waals surface area contributed by atoms with Crippen molar-refractivity contribution in [3.05, 3.63) is 72.0 Å². The number of hydrogen-bond donors (Lipinski definition) is 1. The van der Waals surface area contributed by atoms with E-state index in [-0.39, 0.29) is 5.91 Å². The minimum atomic E-state index is -0.212. The van der Waals surface area contributed by atoms with Crippen molar-refractivity contribution in [3.8, 4) is 11.3 Å². The Morgan fingerprint density at radius 2 is 2.00 bits per heavy atom. The molecule has 0 bridgehead atoms. The monoisotopic (exact) mass is 320 g/mol. The molecule has 3 aromatic heterocycles. The third-order valence-corrected chi connectivity index (χ3v) is 4.14. The van der Waals surface area contributed by atoms with Gasteiger partial charge in [-0.05, 0) is 12.1 Å². The summed E-state index contributed by atoms with van der Waals surface area (Å²) in [5, 5.41) is 5.19. The van der Waals surface area contributed by atoms with E-state index in [9.17, 15) is 4.79 Å². The first-order chi connectivity index (χ1) is 11.3. The van der Waals surface area contributed by atoms with E-state index >= 15 is 0 Å². The molecule has 1 amide bonds. The van der Waals surface area contributed by atoms with Crippen LogP contribution in [0.15, 0.2) is 66.4 Å². The number of hydrogen-bond acceptors (Lipinski definition) is 4. The molecular weight excluding hydrogens is 308 g/mol. The van der Waals surface area contributed by atoms with Crippen LogP contribution >= 0.6 is 11.3 Å². The molecular formula is C17H12N4OS. The molecule has 112 valence electrons. The highest BCUT2D eigenvalue weighted by Crippen LogP contribution is 2.21. The molecule has 4 rings (SSSR count). The van der Waals surface area contributed by atoms with Gasteiger partial charge in [0.15, 0.2) is 5.13 Å². The van der Waals surface area contributed by atoms with Crippen LogP contribution in [-0.4, -0.2) is 20.3 Å². The number of carbonyl (C=O) groups is 1. The molecule has 0 fully saturated rings. The quantitative estimate of drug-likeness (QED) is 0.626. The second kappa shape index (κ2) is 5.66. The van der Waals surface area contributed by atoms with Gasteiger partial charge in [-0.15, -0.1) is 11.3 Å². The zero-order chi connectivity index (χ0) is 15.6. The Hall–Kier alpha value is -2.99. The smallest absolute Gasteiger partial charge is 0.261 e. The lowest BCUT2D eigenvalue weighted by Gasteiger charge is -2.03. The number of benzene rings is 1. The normalized spacial score (nSPS) is 10.8. The predicted molar refractivity (Wildman–Crippen MR) is 90.7 cm³/mol. The first-order valence-corrected chi connectivity index (χ1v) is 7.93. The average Bonchev–Trinajstić information content (AvgIpc) is 3.24. The molecule has 23 heavy (non-hydrogen) atoms. The number of anilines is 1. The number of nitrogens with zero attached hydrogens (tertiary/aromatic N) is 3. The molecule has 0 saturated carbocycles. The van der Waals surface area contributed by atoms with Crippen molar-refractivity contribution < 1.29 is 4.79 Å². The summed E-state index contributed by atoms with van der Waals surface area (Å²) in [5.41, 5.74) is 2.99. The molecule has 0 aliphatic rings. The maximum atomic E-state index is 12.5. The van der Waals surface area contributed by atoms with Gasteiger partial charge in [0, 0.05) is 29.5 Å². The molecule has 3 heterocycles. The number of pyridine rings is 1. The summed E-state index contributed by atoms with van der Waals surface area (Å²) in [7, 11) is 0. The van der Waals surface area contributed by atoms with Crippen LogP contribution < -0.4 is 5.32 Å². The third-order valence-electron chi connectivity index (χ3n) is 3.45. The largest absolute Gasteiger partial charge is 0.306 e. The minimum Gasteiger partial charge on any atom is -0.306 e. The molecule has 4 aromatic rings. The highest BCUT2D eigenvalue weighted by molar-refractivity contribution is 7.13. The van der Waals surface area contributed by atoms with Gasteiger partial charge in [-0.3, -0.25) is 10.1 Å². The van der Waals surface area contributed by atoms with Gasteiger partial charge in [0.2, 0.25) is 0 Å². The highest BCUT2D eigenvalue weighted by atomic mass is 32.1. The molecule has 0 saturated heterocycles. The molecule has 5 nitrogen and oxygen atoms in total. The van der Waals surface area contributed by atoms with E-state index in [0.717, 1.165) is 11.3 Å². The number of fused-ring (bicyclic) bond motifs is 1. The van der Waals surface area contributed by atoms with Crippen molar-refractivity contribution in [1.29, 1.82) is 0 Å². The summed E-state index contributed by atoms with van der Waals surface area (Å²) < 4.78 is 1.86. The number of imidazole rings is 1. The number of rotatable bonds is 3. The van der Waals surface area contributed by atoms with E-state index in [0.29, 0.717) is 16.3 Å². The molecule has 6 heteroatoms. The summed E-state index contributed by atoms with van der Waals surface area (Å²) in [6, 6.07) is 13.5. The zero-order valence-electron chi connectivity index (χ0n) is 12.0. The van der Waals surface area contributed by atoms with Gasteiger partial charge >= 0.3 is 0 Å². The molecule has 0 aliphatic heterocycles. The van der Waals surface area contributed by atoms with E-state index in [1.165, 1.54) is 11.3 Å². The maximum absolute atomic E-state index is 12.5. The van der Waals surface area contributed by atoms with E-state index in [2.05, 4.69) is 15.3 Å². The Morgan fingerprint density at radius 3 is 2.78 bits per heavy atom. The van der Waals surface area contributed by atoms with Crippen LogP contribution in [0.25, 0.3) is 16.9 Å². The Bertz CT molecular complexity index is 961. The van der Waals surface area contributed by atoms with Crippen LogP contribution in [0, 0.1) is 0 Å². The van der Waals surface area contributed by atoms with Gasteiger partial charge in [0.1, 0.15) is 5.65 Å². The number of nitrogens with one attached hydrogen (secondary N) is 1. The van der Waals surface area contributed by atoms with Gasteiger partial charge in [-0.2, -0.15) is 0 Å². The lowest BCUT2D eigenvalue weighted by Crippen LogP contribution is -2.13. The van der Waals surface area contributed by atoms with Crippen molar-refractivity contribution in [2.75, 3.05) is 5.32 Å². The number of amides is 1. The van der Waals surface area contributed by atoms with E-state index in [4.69, 9.17) is 0 Å². The van der Waals surface area contributed by atoms with Crippen LogP contribution in [-0.2, 0) is 0 Å². The van der Waals surface area contributed by atoms with Crippen LogP contribution in [0.5, 0.6) is 0 Å². The fraction of sp³-hybridized carbons (Fsp3) is 0. The fourth-order valence-electron chi connectivity index (χ4n) is 2.39. The number of thiazole rings is 1. The van der Waals surface area contributed by atoms with E-state index in [1.807, 2.05) is 58.6 Å². The van der Waals surface area contributed by atoms with Crippen LogP contribution in [0.2, 0.25) is 0 Å². The standard InChI is InChI=1S/C17H12N4OS/c22-16(20-17-18-8-10-23-17)13-7-4-9-21-11-14(19-15(13)21)12-5-2-1-3-6-12/h1-11H,(H,18,20,22). The fourth-order valence-corrected chi connectivity index (χ4v) is 2.91. The van der Waals surface area contributed by atoms with Gasteiger partial charge in [-0.25, -0.2) is 9.97 Å². The Balaban J connectivity index is 1.76. The van der Waals surface area contributed by atoms with Crippen molar-refractivity contribution in [3.63, 3.8) is 0 Å². The van der Waals surface area contributed by atoms with Crippen molar-refractivity contribution in [2.24, 2.45) is 0 Å². The topological polar surface area (TPSA) is 59.3 Å². The Kier molecular flexibility index (Phi) is 3.36. The minimum absolute atomic E-state index is 0.212. The molecule has 0 radical (unpaired) electrons. The van der Waals surface area contributed by atoms with Gasteiger partial charge in [0.05, 0.1) is 11.3 Å². The highest BCUT2D eigenvalue weighted by Gasteiger charge is 2.14. The molecule has 1 N–H and O–H groups in total. The molecule has 0 spiro atoms. The lowest BCUT2D eigenvalue weighted by molar-refractivity contribution is 0.102. The van der Waals surface area contributed by atoms with Crippen molar-refractivity contribution in [1.82, 2.24) is 14.4 Å². The maximum Gasteiger partial charge on any atom is 0.261 e. The number of aromatic nitrogens is 3. The van der Waals surface area contributed by atoms with Crippen LogP contribution in [0.3, 0.4) is 0 Å². The SMILES string of the molecule is O=C(Nc1nccs1)c1cccn2cc(-c3ccccc3)nc12.